The number of carbonyl (C=O) groups excluding carboxylic acids is 1. The molecule has 6 heteroatoms. The molecule has 140 valence electrons. The van der Waals surface area contributed by atoms with Gasteiger partial charge in [-0.05, 0) is 32.9 Å². The molecule has 1 aliphatic rings. The summed E-state index contributed by atoms with van der Waals surface area (Å²) in [5, 5.41) is 2.95. The minimum atomic E-state index is 0.105. The van der Waals surface area contributed by atoms with Crippen LogP contribution in [0.3, 0.4) is 0 Å². The number of hydrogen-bond acceptors (Lipinski definition) is 5. The van der Waals surface area contributed by atoms with Gasteiger partial charge in [0.05, 0.1) is 12.2 Å². The SMILES string of the molecule is Cc1oc(-c2ccccc2)nc1CN1CCN(CC(=O)NC(C)C)CC1. The minimum Gasteiger partial charge on any atom is -0.441 e. The van der Waals surface area contributed by atoms with E-state index in [1.165, 1.54) is 0 Å². The topological polar surface area (TPSA) is 61.6 Å². The molecule has 3 rings (SSSR count). The van der Waals surface area contributed by atoms with E-state index >= 15 is 0 Å². The van der Waals surface area contributed by atoms with Gasteiger partial charge in [-0.25, -0.2) is 4.98 Å². The lowest BCUT2D eigenvalue weighted by Crippen LogP contribution is -2.49. The van der Waals surface area contributed by atoms with E-state index < -0.39 is 0 Å². The van der Waals surface area contributed by atoms with Gasteiger partial charge in [-0.2, -0.15) is 0 Å². The summed E-state index contributed by atoms with van der Waals surface area (Å²) in [5.74, 6) is 1.66. The zero-order valence-electron chi connectivity index (χ0n) is 15.9. The molecule has 0 radical (unpaired) electrons. The van der Waals surface area contributed by atoms with Gasteiger partial charge in [0, 0.05) is 44.3 Å². The fraction of sp³-hybridized carbons (Fsp3) is 0.500. The number of oxazole rings is 1. The van der Waals surface area contributed by atoms with Crippen molar-refractivity contribution in [3.8, 4) is 11.5 Å². The molecule has 26 heavy (non-hydrogen) atoms. The van der Waals surface area contributed by atoms with E-state index in [0.717, 1.165) is 49.7 Å². The summed E-state index contributed by atoms with van der Waals surface area (Å²) in [4.78, 5) is 21.2. The molecule has 1 saturated heterocycles. The maximum atomic E-state index is 11.9. The highest BCUT2D eigenvalue weighted by molar-refractivity contribution is 5.78. The number of piperazine rings is 1. The summed E-state index contributed by atoms with van der Waals surface area (Å²) in [6.07, 6.45) is 0. The first-order valence-corrected chi connectivity index (χ1v) is 9.27. The van der Waals surface area contributed by atoms with Crippen molar-refractivity contribution in [1.29, 1.82) is 0 Å². The Kier molecular flexibility index (Phi) is 6.06. The van der Waals surface area contributed by atoms with E-state index in [-0.39, 0.29) is 11.9 Å². The van der Waals surface area contributed by atoms with Gasteiger partial charge in [-0.3, -0.25) is 14.6 Å². The molecule has 2 heterocycles. The van der Waals surface area contributed by atoms with Crippen molar-refractivity contribution in [2.75, 3.05) is 32.7 Å². The van der Waals surface area contributed by atoms with E-state index in [2.05, 4.69) is 20.1 Å². The normalized spacial score (nSPS) is 16.2. The molecule has 2 aromatic rings. The van der Waals surface area contributed by atoms with E-state index in [9.17, 15) is 4.79 Å². The predicted octanol–water partition coefficient (Wildman–Crippen LogP) is 2.29. The average molecular weight is 356 g/mol. The second-order valence-electron chi connectivity index (χ2n) is 7.16. The Morgan fingerprint density at radius 1 is 1.15 bits per heavy atom. The fourth-order valence-electron chi connectivity index (χ4n) is 3.17. The molecule has 0 aliphatic carbocycles. The number of amides is 1. The van der Waals surface area contributed by atoms with Crippen LogP contribution in [0.1, 0.15) is 25.3 Å². The van der Waals surface area contributed by atoms with Crippen molar-refractivity contribution < 1.29 is 9.21 Å². The monoisotopic (exact) mass is 356 g/mol. The van der Waals surface area contributed by atoms with Gasteiger partial charge in [-0.15, -0.1) is 0 Å². The number of benzene rings is 1. The molecule has 0 unspecified atom stereocenters. The quantitative estimate of drug-likeness (QED) is 0.860. The molecule has 1 aromatic heterocycles. The Labute approximate surface area is 155 Å². The third kappa shape index (κ3) is 4.93. The van der Waals surface area contributed by atoms with Crippen molar-refractivity contribution in [1.82, 2.24) is 20.1 Å². The van der Waals surface area contributed by atoms with Crippen LogP contribution in [-0.2, 0) is 11.3 Å². The van der Waals surface area contributed by atoms with E-state index in [1.807, 2.05) is 51.1 Å². The Bertz CT molecular complexity index is 719. The largest absolute Gasteiger partial charge is 0.441 e. The number of nitrogens with one attached hydrogen (secondary N) is 1. The third-order valence-corrected chi connectivity index (χ3v) is 4.57. The van der Waals surface area contributed by atoms with E-state index in [4.69, 9.17) is 4.42 Å². The first-order chi connectivity index (χ1) is 12.5. The molecule has 0 saturated carbocycles. The van der Waals surface area contributed by atoms with Crippen molar-refractivity contribution in [3.63, 3.8) is 0 Å². The lowest BCUT2D eigenvalue weighted by Gasteiger charge is -2.34. The van der Waals surface area contributed by atoms with Crippen molar-refractivity contribution in [2.45, 2.75) is 33.4 Å². The lowest BCUT2D eigenvalue weighted by atomic mass is 10.2. The average Bonchev–Trinajstić information content (AvgIpc) is 2.97. The summed E-state index contributed by atoms with van der Waals surface area (Å²) in [7, 11) is 0. The number of hydrogen-bond donors (Lipinski definition) is 1. The van der Waals surface area contributed by atoms with Gasteiger partial charge < -0.3 is 9.73 Å². The van der Waals surface area contributed by atoms with E-state index in [0.29, 0.717) is 12.4 Å². The van der Waals surface area contributed by atoms with Crippen LogP contribution < -0.4 is 5.32 Å². The molecule has 0 spiro atoms. The molecule has 0 bridgehead atoms. The molecule has 1 aromatic carbocycles. The number of nitrogens with zero attached hydrogens (tertiary/aromatic N) is 3. The molecule has 0 atom stereocenters. The maximum Gasteiger partial charge on any atom is 0.234 e. The Hall–Kier alpha value is -2.18. The summed E-state index contributed by atoms with van der Waals surface area (Å²) >= 11 is 0. The predicted molar refractivity (Wildman–Crippen MR) is 102 cm³/mol. The third-order valence-electron chi connectivity index (χ3n) is 4.57. The summed E-state index contributed by atoms with van der Waals surface area (Å²) in [5.41, 5.74) is 2.00. The van der Waals surface area contributed by atoms with Crippen molar-refractivity contribution in [2.24, 2.45) is 0 Å². The Morgan fingerprint density at radius 2 is 1.81 bits per heavy atom. The van der Waals surface area contributed by atoms with Crippen molar-refractivity contribution >= 4 is 5.91 Å². The van der Waals surface area contributed by atoms with Crippen LogP contribution in [0, 0.1) is 6.92 Å². The second kappa shape index (κ2) is 8.47. The van der Waals surface area contributed by atoms with E-state index in [1.54, 1.807) is 0 Å². The van der Waals surface area contributed by atoms with Crippen LogP contribution in [0.5, 0.6) is 0 Å². The lowest BCUT2D eigenvalue weighted by molar-refractivity contribution is -0.123. The van der Waals surface area contributed by atoms with Crippen LogP contribution in [-0.4, -0.2) is 59.5 Å². The highest BCUT2D eigenvalue weighted by atomic mass is 16.4. The zero-order valence-corrected chi connectivity index (χ0v) is 15.9. The number of aromatic nitrogens is 1. The minimum absolute atomic E-state index is 0.105. The first-order valence-electron chi connectivity index (χ1n) is 9.27. The number of aryl methyl sites for hydroxylation is 1. The van der Waals surface area contributed by atoms with Crippen LogP contribution in [0.4, 0.5) is 0 Å². The van der Waals surface area contributed by atoms with Gasteiger partial charge in [0.2, 0.25) is 11.8 Å². The van der Waals surface area contributed by atoms with Crippen LogP contribution in [0.25, 0.3) is 11.5 Å². The van der Waals surface area contributed by atoms with Gasteiger partial charge in [0.25, 0.3) is 0 Å². The van der Waals surface area contributed by atoms with Gasteiger partial charge in [0.1, 0.15) is 5.76 Å². The van der Waals surface area contributed by atoms with Crippen LogP contribution in [0.15, 0.2) is 34.7 Å². The fourth-order valence-corrected chi connectivity index (χ4v) is 3.17. The zero-order chi connectivity index (χ0) is 18.5. The van der Waals surface area contributed by atoms with Gasteiger partial charge in [0.15, 0.2) is 0 Å². The van der Waals surface area contributed by atoms with Crippen LogP contribution in [0.2, 0.25) is 0 Å². The molecule has 1 N–H and O–H groups in total. The second-order valence-corrected chi connectivity index (χ2v) is 7.16. The molecule has 6 nitrogen and oxygen atoms in total. The summed E-state index contributed by atoms with van der Waals surface area (Å²) in [6, 6.07) is 10.2. The highest BCUT2D eigenvalue weighted by Crippen LogP contribution is 2.22. The standard InChI is InChI=1S/C20H28N4O2/c1-15(2)21-19(25)14-24-11-9-23(10-12-24)13-18-16(3)26-20(22-18)17-7-5-4-6-8-17/h4-8,15H,9-14H2,1-3H3,(H,21,25). The van der Waals surface area contributed by atoms with Crippen molar-refractivity contribution in [3.05, 3.63) is 41.8 Å². The first kappa shape index (κ1) is 18.6. The van der Waals surface area contributed by atoms with Crippen LogP contribution >= 0.6 is 0 Å². The van der Waals surface area contributed by atoms with Gasteiger partial charge in [-0.1, -0.05) is 18.2 Å². The molecular weight excluding hydrogens is 328 g/mol. The maximum absolute atomic E-state index is 11.9. The Morgan fingerprint density at radius 3 is 2.46 bits per heavy atom. The highest BCUT2D eigenvalue weighted by Gasteiger charge is 2.21. The molecule has 1 aliphatic heterocycles. The molecule has 1 amide bonds. The molecular formula is C20H28N4O2. The summed E-state index contributed by atoms with van der Waals surface area (Å²) < 4.78 is 5.85. The smallest absolute Gasteiger partial charge is 0.234 e. The van der Waals surface area contributed by atoms with Gasteiger partial charge >= 0.3 is 0 Å². The number of rotatable bonds is 6. The Balaban J connectivity index is 1.52. The summed E-state index contributed by atoms with van der Waals surface area (Å²) in [6.45, 7) is 10.9. The molecule has 1 fully saturated rings. The number of carbonyl (C=O) groups is 1.